The summed E-state index contributed by atoms with van der Waals surface area (Å²) in [6, 6.07) is -1.18. The van der Waals surface area contributed by atoms with Gasteiger partial charge < -0.3 is 19.6 Å². The molecule has 4 rings (SSSR count). The van der Waals surface area contributed by atoms with Gasteiger partial charge in [0.15, 0.2) is 0 Å². The van der Waals surface area contributed by atoms with Crippen molar-refractivity contribution in [3.05, 3.63) is 24.3 Å². The molecule has 2 saturated heterocycles. The lowest BCUT2D eigenvalue weighted by Crippen LogP contribution is -2.56. The predicted octanol–water partition coefficient (Wildman–Crippen LogP) is 2.15. The first-order valence-electron chi connectivity index (χ1n) is 11.9. The van der Waals surface area contributed by atoms with Gasteiger partial charge in [-0.3, -0.25) is 14.4 Å². The molecule has 1 spiro atoms. The van der Waals surface area contributed by atoms with Crippen molar-refractivity contribution < 1.29 is 24.2 Å². The van der Waals surface area contributed by atoms with Crippen molar-refractivity contribution in [3.63, 3.8) is 0 Å². The quantitative estimate of drug-likeness (QED) is 0.354. The molecule has 0 aliphatic carbocycles. The summed E-state index contributed by atoms with van der Waals surface area (Å²) in [4.78, 5) is 44.3. The van der Waals surface area contributed by atoms with E-state index in [-0.39, 0.29) is 29.6 Å². The van der Waals surface area contributed by atoms with Crippen LogP contribution < -0.4 is 0 Å². The number of aliphatic hydroxyl groups is 1. The number of likely N-dealkylation sites (tertiary alicyclic amines) is 1. The van der Waals surface area contributed by atoms with Gasteiger partial charge in [0.05, 0.1) is 35.8 Å². The van der Waals surface area contributed by atoms with Gasteiger partial charge >= 0.3 is 5.97 Å². The van der Waals surface area contributed by atoms with E-state index in [2.05, 4.69) is 6.92 Å². The Morgan fingerprint density at radius 1 is 1.22 bits per heavy atom. The lowest BCUT2D eigenvalue weighted by atomic mass is 9.78. The van der Waals surface area contributed by atoms with Crippen LogP contribution >= 0.6 is 11.8 Å². The van der Waals surface area contributed by atoms with Gasteiger partial charge in [0, 0.05) is 18.3 Å². The van der Waals surface area contributed by atoms with Crippen LogP contribution in [0, 0.1) is 11.8 Å². The number of aliphatic hydroxyl groups excluding tert-OH is 1. The van der Waals surface area contributed by atoms with Gasteiger partial charge in [-0.2, -0.15) is 0 Å². The summed E-state index contributed by atoms with van der Waals surface area (Å²) in [7, 11) is 0. The van der Waals surface area contributed by atoms with Gasteiger partial charge in [0.25, 0.3) is 0 Å². The van der Waals surface area contributed by atoms with E-state index in [0.29, 0.717) is 32.5 Å². The third-order valence-corrected chi connectivity index (χ3v) is 8.99. The first-order chi connectivity index (χ1) is 15.5. The number of esters is 1. The zero-order valence-corrected chi connectivity index (χ0v) is 19.8. The second-order valence-electron chi connectivity index (χ2n) is 9.11. The number of hydrogen-bond acceptors (Lipinski definition) is 6. The Morgan fingerprint density at radius 2 is 2.03 bits per heavy atom. The Morgan fingerprint density at radius 3 is 2.75 bits per heavy atom. The van der Waals surface area contributed by atoms with Crippen molar-refractivity contribution in [2.45, 2.75) is 68.0 Å². The van der Waals surface area contributed by atoms with Crippen LogP contribution in [0.2, 0.25) is 0 Å². The summed E-state index contributed by atoms with van der Waals surface area (Å²) in [5.74, 6) is -1.95. The van der Waals surface area contributed by atoms with Crippen LogP contribution in [0.5, 0.6) is 0 Å². The van der Waals surface area contributed by atoms with Crippen molar-refractivity contribution in [1.82, 2.24) is 9.80 Å². The molecule has 1 N–H and O–H groups in total. The molecule has 4 aliphatic rings. The molecule has 0 aromatic rings. The third-order valence-electron chi connectivity index (χ3n) is 7.25. The molecule has 1 unspecified atom stereocenters. The monoisotopic (exact) mass is 462 g/mol. The maximum Gasteiger partial charge on any atom is 0.311 e. The minimum absolute atomic E-state index is 0.0760. The summed E-state index contributed by atoms with van der Waals surface area (Å²) in [6.07, 6.45) is 12.2. The maximum atomic E-state index is 13.9. The molecule has 7 nitrogen and oxygen atoms in total. The Bertz CT molecular complexity index is 810. The lowest BCUT2D eigenvalue weighted by Gasteiger charge is -2.38. The van der Waals surface area contributed by atoms with Crippen LogP contribution in [-0.4, -0.2) is 81.1 Å². The lowest BCUT2D eigenvalue weighted by molar-refractivity contribution is -0.153. The van der Waals surface area contributed by atoms with Gasteiger partial charge in [-0.25, -0.2) is 0 Å². The summed E-state index contributed by atoms with van der Waals surface area (Å²) in [5.41, 5.74) is 0. The number of nitrogens with zero attached hydrogens (tertiary/aromatic N) is 2. The molecule has 2 amide bonds. The fourth-order valence-electron chi connectivity index (χ4n) is 5.65. The van der Waals surface area contributed by atoms with E-state index < -0.39 is 28.7 Å². The molecule has 0 radical (unpaired) electrons. The molecule has 8 heteroatoms. The number of carbonyl (C=O) groups excluding carboxylic acids is 3. The summed E-state index contributed by atoms with van der Waals surface area (Å²) < 4.78 is 4.65. The highest BCUT2D eigenvalue weighted by atomic mass is 32.2. The Balaban J connectivity index is 1.78. The normalized spacial score (nSPS) is 35.0. The van der Waals surface area contributed by atoms with Crippen LogP contribution in [0.15, 0.2) is 24.3 Å². The fraction of sp³-hybridized carbons (Fsp3) is 0.708. The predicted molar refractivity (Wildman–Crippen MR) is 123 cm³/mol. The zero-order valence-electron chi connectivity index (χ0n) is 18.9. The van der Waals surface area contributed by atoms with Crippen LogP contribution in [0.4, 0.5) is 0 Å². The first kappa shape index (κ1) is 23.4. The number of ether oxygens (including phenoxy) is 1. The molecule has 0 aromatic heterocycles. The van der Waals surface area contributed by atoms with Gasteiger partial charge in [-0.1, -0.05) is 51.0 Å². The number of amides is 2. The zero-order chi connectivity index (χ0) is 22.9. The molecular weight excluding hydrogens is 428 g/mol. The Hall–Kier alpha value is -1.80. The summed E-state index contributed by atoms with van der Waals surface area (Å²) >= 11 is 1.55. The number of thioether (sulfide) groups is 1. The average molecular weight is 463 g/mol. The molecule has 0 aromatic carbocycles. The van der Waals surface area contributed by atoms with E-state index in [1.165, 1.54) is 0 Å². The Kier molecular flexibility index (Phi) is 7.00. The first-order valence-corrected chi connectivity index (χ1v) is 12.8. The van der Waals surface area contributed by atoms with Crippen molar-refractivity contribution in [2.24, 2.45) is 11.8 Å². The standard InChI is InChI=1S/C24H34N2O5S/c1-3-5-7-12-25-13-9-11-24-19(18-17(32-24)10-6-8-14-31-23(18)30)21(28)26(16(4-2)15-27)20(24)22(25)29/h6,9-11,16-20,27H,3-5,7-8,12-15H2,1-2H3/t16-,17-,18+,19-,20?,24-/m0/s1. The minimum Gasteiger partial charge on any atom is -0.465 e. The summed E-state index contributed by atoms with van der Waals surface area (Å²) in [5, 5.41) is 9.86. The number of fused-ring (bicyclic) bond motifs is 2. The smallest absolute Gasteiger partial charge is 0.311 e. The van der Waals surface area contributed by atoms with Crippen molar-refractivity contribution in [1.29, 1.82) is 0 Å². The fourth-order valence-corrected chi connectivity index (χ4v) is 7.64. The third kappa shape index (κ3) is 3.69. The highest BCUT2D eigenvalue weighted by Crippen LogP contribution is 2.61. The molecular formula is C24H34N2O5S. The van der Waals surface area contributed by atoms with E-state index in [9.17, 15) is 19.5 Å². The second kappa shape index (κ2) is 9.59. The summed E-state index contributed by atoms with van der Waals surface area (Å²) in [6.45, 7) is 5.28. The topological polar surface area (TPSA) is 87.2 Å². The molecule has 4 aliphatic heterocycles. The van der Waals surface area contributed by atoms with Crippen molar-refractivity contribution in [2.75, 3.05) is 26.3 Å². The minimum atomic E-state index is -0.834. The number of hydrogen-bond donors (Lipinski definition) is 1. The van der Waals surface area contributed by atoms with E-state index in [4.69, 9.17) is 4.74 Å². The second-order valence-corrected chi connectivity index (χ2v) is 10.6. The molecule has 6 atom stereocenters. The number of carbonyl (C=O) groups is 3. The number of unbranched alkanes of at least 4 members (excludes halogenated alkanes) is 2. The van der Waals surface area contributed by atoms with Crippen molar-refractivity contribution in [3.8, 4) is 0 Å². The molecule has 176 valence electrons. The van der Waals surface area contributed by atoms with Gasteiger partial charge in [0.2, 0.25) is 11.8 Å². The highest BCUT2D eigenvalue weighted by molar-refractivity contribution is 8.02. The number of cyclic esters (lactones) is 1. The van der Waals surface area contributed by atoms with Crippen LogP contribution in [0.3, 0.4) is 0 Å². The number of rotatable bonds is 7. The molecule has 4 heterocycles. The maximum absolute atomic E-state index is 13.9. The van der Waals surface area contributed by atoms with Crippen LogP contribution in [0.25, 0.3) is 0 Å². The van der Waals surface area contributed by atoms with Crippen LogP contribution in [0.1, 0.15) is 46.0 Å². The van der Waals surface area contributed by atoms with E-state index in [1.807, 2.05) is 36.1 Å². The van der Waals surface area contributed by atoms with Gasteiger partial charge in [0.1, 0.15) is 6.04 Å². The van der Waals surface area contributed by atoms with Crippen molar-refractivity contribution >= 4 is 29.5 Å². The molecule has 0 saturated carbocycles. The van der Waals surface area contributed by atoms with Gasteiger partial charge in [-0.15, -0.1) is 11.8 Å². The average Bonchev–Trinajstić information content (AvgIpc) is 3.15. The van der Waals surface area contributed by atoms with E-state index in [1.54, 1.807) is 16.7 Å². The SMILES string of the molecule is CCCCCN1CC=C[C@]23S[C@H]4C=CCCOC(=O)[C@H]4[C@H]2C(=O)N([C@@H](CC)CO)C3C1=O. The van der Waals surface area contributed by atoms with E-state index >= 15 is 0 Å². The molecule has 32 heavy (non-hydrogen) atoms. The van der Waals surface area contributed by atoms with E-state index in [0.717, 1.165) is 19.3 Å². The Labute approximate surface area is 194 Å². The molecule has 2 fully saturated rings. The highest BCUT2D eigenvalue weighted by Gasteiger charge is 2.71. The largest absolute Gasteiger partial charge is 0.465 e. The van der Waals surface area contributed by atoms with Crippen LogP contribution in [-0.2, 0) is 19.1 Å². The molecule has 0 bridgehead atoms. The van der Waals surface area contributed by atoms with Gasteiger partial charge in [-0.05, 0) is 19.3 Å².